The standard InChI is InChI=1S/C13H30NO/c1-8-9-14(6,7)13(4,5)10-12(2,3)11-15/h15H,8-11H2,1-7H3/q+1. The van der Waals surface area contributed by atoms with E-state index in [0.29, 0.717) is 0 Å². The van der Waals surface area contributed by atoms with Crippen LogP contribution in [0.25, 0.3) is 0 Å². The van der Waals surface area contributed by atoms with Crippen molar-refractivity contribution in [1.29, 1.82) is 0 Å². The van der Waals surface area contributed by atoms with E-state index in [0.717, 1.165) is 10.9 Å². The number of quaternary nitrogens is 1. The van der Waals surface area contributed by atoms with Crippen molar-refractivity contribution in [3.05, 3.63) is 0 Å². The predicted octanol–water partition coefficient (Wildman–Crippen LogP) is 2.66. The van der Waals surface area contributed by atoms with E-state index in [1.165, 1.54) is 13.0 Å². The molecule has 0 amide bonds. The Kier molecular flexibility index (Phi) is 4.81. The zero-order chi connectivity index (χ0) is 12.3. The molecule has 0 aliphatic carbocycles. The first-order chi connectivity index (χ1) is 6.58. The van der Waals surface area contributed by atoms with E-state index >= 15 is 0 Å². The maximum atomic E-state index is 9.35. The third kappa shape index (κ3) is 4.12. The minimum Gasteiger partial charge on any atom is -0.396 e. The first-order valence-electron chi connectivity index (χ1n) is 6.02. The minimum absolute atomic E-state index is 0.0206. The van der Waals surface area contributed by atoms with Crippen LogP contribution in [0.15, 0.2) is 0 Å². The van der Waals surface area contributed by atoms with Crippen LogP contribution in [0.1, 0.15) is 47.5 Å². The van der Waals surface area contributed by atoms with Crippen LogP contribution in [0, 0.1) is 5.41 Å². The largest absolute Gasteiger partial charge is 0.396 e. The molecule has 0 rings (SSSR count). The highest BCUT2D eigenvalue weighted by Crippen LogP contribution is 2.34. The van der Waals surface area contributed by atoms with Gasteiger partial charge in [-0.05, 0) is 25.7 Å². The molecule has 0 saturated heterocycles. The van der Waals surface area contributed by atoms with Gasteiger partial charge in [0.1, 0.15) is 0 Å². The summed E-state index contributed by atoms with van der Waals surface area (Å²) in [4.78, 5) is 0. The number of aliphatic hydroxyl groups is 1. The van der Waals surface area contributed by atoms with Crippen molar-refractivity contribution in [1.82, 2.24) is 0 Å². The average molecular weight is 216 g/mol. The minimum atomic E-state index is 0.0206. The Labute approximate surface area is 95.9 Å². The number of rotatable bonds is 6. The van der Waals surface area contributed by atoms with E-state index in [1.54, 1.807) is 0 Å². The van der Waals surface area contributed by atoms with Crippen molar-refractivity contribution in [2.75, 3.05) is 27.2 Å². The molecule has 0 radical (unpaired) electrons. The molecule has 0 aromatic rings. The summed E-state index contributed by atoms with van der Waals surface area (Å²) in [6.07, 6.45) is 2.25. The summed E-state index contributed by atoms with van der Waals surface area (Å²) < 4.78 is 1.02. The van der Waals surface area contributed by atoms with E-state index in [9.17, 15) is 5.11 Å². The fourth-order valence-corrected chi connectivity index (χ4v) is 2.30. The molecule has 1 N–H and O–H groups in total. The van der Waals surface area contributed by atoms with Crippen molar-refractivity contribution in [2.24, 2.45) is 5.41 Å². The summed E-state index contributed by atoms with van der Waals surface area (Å²) in [5.74, 6) is 0. The number of hydrogen-bond donors (Lipinski definition) is 1. The van der Waals surface area contributed by atoms with Crippen LogP contribution < -0.4 is 0 Å². The smallest absolute Gasteiger partial charge is 0.0937 e. The first-order valence-corrected chi connectivity index (χ1v) is 6.02. The molecule has 0 heterocycles. The molecule has 0 saturated carbocycles. The van der Waals surface area contributed by atoms with E-state index in [1.807, 2.05) is 0 Å². The first kappa shape index (κ1) is 14.9. The Morgan fingerprint density at radius 2 is 1.53 bits per heavy atom. The average Bonchev–Trinajstić information content (AvgIpc) is 2.02. The van der Waals surface area contributed by atoms with Crippen molar-refractivity contribution in [2.45, 2.75) is 53.0 Å². The SMILES string of the molecule is CCC[N+](C)(C)C(C)(C)CC(C)(C)CO. The van der Waals surface area contributed by atoms with Gasteiger partial charge in [0.2, 0.25) is 0 Å². The van der Waals surface area contributed by atoms with Gasteiger partial charge in [-0.1, -0.05) is 20.8 Å². The lowest BCUT2D eigenvalue weighted by atomic mass is 9.79. The topological polar surface area (TPSA) is 20.2 Å². The Hall–Kier alpha value is -0.0800. The highest BCUT2D eigenvalue weighted by molar-refractivity contribution is 4.80. The Balaban J connectivity index is 4.67. The van der Waals surface area contributed by atoms with Crippen LogP contribution in [0.5, 0.6) is 0 Å². The van der Waals surface area contributed by atoms with Crippen molar-refractivity contribution in [3.63, 3.8) is 0 Å². The van der Waals surface area contributed by atoms with Gasteiger partial charge < -0.3 is 9.59 Å². The van der Waals surface area contributed by atoms with Crippen LogP contribution in [0.3, 0.4) is 0 Å². The van der Waals surface area contributed by atoms with Gasteiger partial charge in [-0.2, -0.15) is 0 Å². The highest BCUT2D eigenvalue weighted by Gasteiger charge is 2.40. The Morgan fingerprint density at radius 1 is 1.07 bits per heavy atom. The van der Waals surface area contributed by atoms with E-state index in [4.69, 9.17) is 0 Å². The van der Waals surface area contributed by atoms with Gasteiger partial charge in [0.05, 0.1) is 26.2 Å². The summed E-state index contributed by atoms with van der Waals surface area (Å²) >= 11 is 0. The number of aliphatic hydroxyl groups excluding tert-OH is 1. The zero-order valence-electron chi connectivity index (χ0n) is 11.7. The van der Waals surface area contributed by atoms with E-state index in [-0.39, 0.29) is 17.6 Å². The second-order valence-corrected chi connectivity index (χ2v) is 6.72. The molecule has 2 nitrogen and oxygen atoms in total. The van der Waals surface area contributed by atoms with Gasteiger partial charge in [-0.15, -0.1) is 0 Å². The van der Waals surface area contributed by atoms with Crippen molar-refractivity contribution >= 4 is 0 Å². The summed E-state index contributed by atoms with van der Waals surface area (Å²) in [6, 6.07) is 0. The van der Waals surface area contributed by atoms with E-state index < -0.39 is 0 Å². The van der Waals surface area contributed by atoms with E-state index in [2.05, 4.69) is 48.7 Å². The molecule has 2 heteroatoms. The second-order valence-electron chi connectivity index (χ2n) is 6.72. The highest BCUT2D eigenvalue weighted by atomic mass is 16.3. The lowest BCUT2D eigenvalue weighted by Gasteiger charge is -2.47. The monoisotopic (exact) mass is 216 g/mol. The lowest BCUT2D eigenvalue weighted by molar-refractivity contribution is -0.939. The fourth-order valence-electron chi connectivity index (χ4n) is 2.30. The van der Waals surface area contributed by atoms with Crippen molar-refractivity contribution < 1.29 is 9.59 Å². The maximum Gasteiger partial charge on any atom is 0.0937 e. The van der Waals surface area contributed by atoms with Gasteiger partial charge in [-0.3, -0.25) is 0 Å². The van der Waals surface area contributed by atoms with Gasteiger partial charge in [-0.25, -0.2) is 0 Å². The van der Waals surface area contributed by atoms with Crippen LogP contribution in [0.4, 0.5) is 0 Å². The molecule has 0 aromatic carbocycles. The molecule has 0 unspecified atom stereocenters. The second kappa shape index (κ2) is 4.84. The third-order valence-electron chi connectivity index (χ3n) is 3.76. The predicted molar refractivity (Wildman–Crippen MR) is 66.8 cm³/mol. The molecule has 0 spiro atoms. The molecule has 0 aromatic heterocycles. The number of nitrogens with zero attached hydrogens (tertiary/aromatic N) is 1. The molecule has 15 heavy (non-hydrogen) atoms. The van der Waals surface area contributed by atoms with Crippen molar-refractivity contribution in [3.8, 4) is 0 Å². The molecule has 92 valence electrons. The van der Waals surface area contributed by atoms with Gasteiger partial charge in [0, 0.05) is 13.0 Å². The van der Waals surface area contributed by atoms with Crippen LogP contribution in [-0.4, -0.2) is 42.4 Å². The van der Waals surface area contributed by atoms with Crippen LogP contribution in [0.2, 0.25) is 0 Å². The van der Waals surface area contributed by atoms with Crippen LogP contribution in [-0.2, 0) is 0 Å². The summed E-state index contributed by atoms with van der Waals surface area (Å²) in [7, 11) is 4.58. The quantitative estimate of drug-likeness (QED) is 0.677. The van der Waals surface area contributed by atoms with Gasteiger partial charge >= 0.3 is 0 Å². The fraction of sp³-hybridized carbons (Fsp3) is 1.00. The molecule has 0 atom stereocenters. The zero-order valence-corrected chi connectivity index (χ0v) is 11.7. The van der Waals surface area contributed by atoms with Gasteiger partial charge in [0.25, 0.3) is 0 Å². The lowest BCUT2D eigenvalue weighted by Crippen LogP contribution is -2.58. The molecular formula is C13H30NO+. The molecule has 0 fully saturated rings. The van der Waals surface area contributed by atoms with Crippen LogP contribution >= 0.6 is 0 Å². The molecule has 0 aliphatic heterocycles. The molecule has 0 aliphatic rings. The normalized spacial score (nSPS) is 14.4. The summed E-state index contributed by atoms with van der Waals surface area (Å²) in [5.41, 5.74) is 0.231. The maximum absolute atomic E-state index is 9.35. The number of hydrogen-bond acceptors (Lipinski definition) is 1. The third-order valence-corrected chi connectivity index (χ3v) is 3.76. The summed E-state index contributed by atoms with van der Waals surface area (Å²) in [5, 5.41) is 9.35. The Morgan fingerprint density at radius 3 is 1.87 bits per heavy atom. The molecule has 0 bridgehead atoms. The van der Waals surface area contributed by atoms with Gasteiger partial charge in [0.15, 0.2) is 0 Å². The molecular weight excluding hydrogens is 186 g/mol. The summed E-state index contributed by atoms with van der Waals surface area (Å²) in [6.45, 7) is 12.6. The Bertz CT molecular complexity index is 195.